The highest BCUT2D eigenvalue weighted by atomic mass is 16.5. The van der Waals surface area contributed by atoms with E-state index in [4.69, 9.17) is 4.74 Å². The fraction of sp³-hybridized carbons (Fsp3) is 0.423. The van der Waals surface area contributed by atoms with Crippen molar-refractivity contribution in [1.29, 1.82) is 5.26 Å². The van der Waals surface area contributed by atoms with E-state index in [0.717, 1.165) is 12.8 Å². The number of likely N-dealkylation sites (tertiary alicyclic amines) is 1. The van der Waals surface area contributed by atoms with Crippen LogP contribution in [0.4, 0.5) is 4.79 Å². The molecule has 168 valence electrons. The third-order valence-electron chi connectivity index (χ3n) is 7.60. The van der Waals surface area contributed by atoms with Crippen molar-refractivity contribution in [3.63, 3.8) is 0 Å². The number of piperidine rings is 1. The first-order valence-corrected chi connectivity index (χ1v) is 11.7. The third-order valence-corrected chi connectivity index (χ3v) is 7.60. The highest BCUT2D eigenvalue weighted by Gasteiger charge is 2.55. The molecule has 2 aliphatic heterocycles. The second kappa shape index (κ2) is 7.89. The van der Waals surface area contributed by atoms with Gasteiger partial charge in [-0.25, -0.2) is 4.79 Å². The molecule has 1 saturated carbocycles. The van der Waals surface area contributed by atoms with Gasteiger partial charge in [-0.3, -0.25) is 4.79 Å². The molecular formula is C26H26N4O3. The molecule has 2 saturated heterocycles. The van der Waals surface area contributed by atoms with E-state index >= 15 is 0 Å². The molecule has 3 fully saturated rings. The quantitative estimate of drug-likeness (QED) is 0.759. The number of hydrogen-bond donors (Lipinski definition) is 2. The molecule has 2 aromatic rings. The average molecular weight is 443 g/mol. The summed E-state index contributed by atoms with van der Waals surface area (Å²) in [5.74, 6) is 0.502. The van der Waals surface area contributed by atoms with Gasteiger partial charge in [-0.2, -0.15) is 5.26 Å². The van der Waals surface area contributed by atoms with E-state index in [1.54, 1.807) is 4.90 Å². The number of carbonyl (C=O) groups is 2. The molecule has 4 aliphatic rings. The number of carbonyl (C=O) groups excluding carboxylic acids is 2. The van der Waals surface area contributed by atoms with Crippen LogP contribution in [0.1, 0.15) is 36.3 Å². The Morgan fingerprint density at radius 3 is 2.45 bits per heavy atom. The lowest BCUT2D eigenvalue weighted by Gasteiger charge is -2.25. The monoisotopic (exact) mass is 442 g/mol. The molecule has 0 spiro atoms. The van der Waals surface area contributed by atoms with Crippen LogP contribution in [0.3, 0.4) is 0 Å². The molecule has 2 heterocycles. The summed E-state index contributed by atoms with van der Waals surface area (Å²) in [5.41, 5.74) is 4.74. The van der Waals surface area contributed by atoms with Gasteiger partial charge < -0.3 is 20.3 Å². The van der Waals surface area contributed by atoms with Crippen LogP contribution in [0.5, 0.6) is 0 Å². The van der Waals surface area contributed by atoms with E-state index in [1.165, 1.54) is 22.3 Å². The van der Waals surface area contributed by atoms with E-state index < -0.39 is 6.09 Å². The van der Waals surface area contributed by atoms with E-state index in [0.29, 0.717) is 18.9 Å². The number of nitriles is 1. The maximum absolute atomic E-state index is 13.0. The van der Waals surface area contributed by atoms with Crippen molar-refractivity contribution >= 4 is 12.0 Å². The number of rotatable bonds is 4. The van der Waals surface area contributed by atoms with Crippen LogP contribution in [0.2, 0.25) is 0 Å². The van der Waals surface area contributed by atoms with Gasteiger partial charge in [0.2, 0.25) is 5.91 Å². The van der Waals surface area contributed by atoms with Gasteiger partial charge in [0.05, 0.1) is 12.1 Å². The fourth-order valence-corrected chi connectivity index (χ4v) is 5.91. The Labute approximate surface area is 192 Å². The standard InChI is InChI=1S/C26H26N4O3/c27-12-17-9-15-10-24(15)30(17)25(31)23-11-16(13-28-23)29-26(32)33-14-22-20-7-3-1-5-18(20)19-6-2-4-8-21(19)22/h1-8,15-17,22-24,28H,9-11,13-14H2,(H,29,32)/t15-,16+,17+,23+,24+/m1/s1. The Kier molecular flexibility index (Phi) is 4.84. The fourth-order valence-electron chi connectivity index (χ4n) is 5.91. The summed E-state index contributed by atoms with van der Waals surface area (Å²) in [4.78, 5) is 27.3. The van der Waals surface area contributed by atoms with Crippen molar-refractivity contribution in [2.24, 2.45) is 5.92 Å². The van der Waals surface area contributed by atoms with Gasteiger partial charge in [0.15, 0.2) is 0 Å². The first-order valence-electron chi connectivity index (χ1n) is 11.7. The first kappa shape index (κ1) is 20.3. The number of hydrogen-bond acceptors (Lipinski definition) is 5. The second-order valence-corrected chi connectivity index (χ2v) is 9.55. The molecule has 7 heteroatoms. The summed E-state index contributed by atoms with van der Waals surface area (Å²) in [5, 5.41) is 15.5. The molecule has 7 nitrogen and oxygen atoms in total. The van der Waals surface area contributed by atoms with Gasteiger partial charge in [0.1, 0.15) is 12.6 Å². The van der Waals surface area contributed by atoms with Gasteiger partial charge in [-0.1, -0.05) is 48.5 Å². The minimum atomic E-state index is -0.463. The SMILES string of the molecule is N#C[C@@H]1C[C@@H]2C[C@@H]2N1C(=O)[C@@H]1C[C@H](NC(=O)OCC2c3ccccc3-c3ccccc32)CN1. The van der Waals surface area contributed by atoms with Gasteiger partial charge in [0, 0.05) is 24.5 Å². The van der Waals surface area contributed by atoms with E-state index in [1.807, 2.05) is 24.3 Å². The minimum Gasteiger partial charge on any atom is -0.449 e. The molecule has 0 bridgehead atoms. The maximum Gasteiger partial charge on any atom is 0.407 e. The number of amides is 2. The average Bonchev–Trinajstić information content (AvgIpc) is 3.18. The van der Waals surface area contributed by atoms with Crippen molar-refractivity contribution in [2.75, 3.05) is 13.2 Å². The van der Waals surface area contributed by atoms with Gasteiger partial charge in [0.25, 0.3) is 0 Å². The lowest BCUT2D eigenvalue weighted by atomic mass is 9.98. The van der Waals surface area contributed by atoms with Crippen LogP contribution in [-0.4, -0.2) is 54.2 Å². The predicted molar refractivity (Wildman–Crippen MR) is 121 cm³/mol. The van der Waals surface area contributed by atoms with Crippen LogP contribution in [0, 0.1) is 17.2 Å². The topological polar surface area (TPSA) is 94.5 Å². The summed E-state index contributed by atoms with van der Waals surface area (Å²) in [7, 11) is 0. The summed E-state index contributed by atoms with van der Waals surface area (Å²) >= 11 is 0. The largest absolute Gasteiger partial charge is 0.449 e. The Morgan fingerprint density at radius 2 is 1.76 bits per heavy atom. The lowest BCUT2D eigenvalue weighted by molar-refractivity contribution is -0.134. The predicted octanol–water partition coefficient (Wildman–Crippen LogP) is 2.77. The van der Waals surface area contributed by atoms with Crippen molar-refractivity contribution in [1.82, 2.24) is 15.5 Å². The maximum atomic E-state index is 13.0. The van der Waals surface area contributed by atoms with Crippen molar-refractivity contribution in [2.45, 2.75) is 49.3 Å². The molecule has 0 aromatic heterocycles. The molecule has 5 atom stereocenters. The smallest absolute Gasteiger partial charge is 0.407 e. The molecule has 33 heavy (non-hydrogen) atoms. The van der Waals surface area contributed by atoms with Gasteiger partial charge in [-0.05, 0) is 47.4 Å². The Morgan fingerprint density at radius 1 is 1.06 bits per heavy atom. The molecule has 0 radical (unpaired) electrons. The molecule has 2 N–H and O–H groups in total. The zero-order valence-electron chi connectivity index (χ0n) is 18.2. The number of ether oxygens (including phenoxy) is 1. The lowest BCUT2D eigenvalue weighted by Crippen LogP contribution is -2.47. The van der Waals surface area contributed by atoms with Crippen molar-refractivity contribution < 1.29 is 14.3 Å². The van der Waals surface area contributed by atoms with Crippen LogP contribution in [-0.2, 0) is 9.53 Å². The normalized spacial score (nSPS) is 29.1. The molecule has 2 aliphatic carbocycles. The van der Waals surface area contributed by atoms with Crippen LogP contribution in [0.25, 0.3) is 11.1 Å². The van der Waals surface area contributed by atoms with Crippen LogP contribution in [0.15, 0.2) is 48.5 Å². The third kappa shape index (κ3) is 3.46. The molecule has 2 amide bonds. The number of benzene rings is 2. The number of nitrogens with zero attached hydrogens (tertiary/aromatic N) is 2. The minimum absolute atomic E-state index is 0.0108. The van der Waals surface area contributed by atoms with E-state index in [2.05, 4.69) is 41.0 Å². The Balaban J connectivity index is 1.05. The summed E-state index contributed by atoms with van der Waals surface area (Å²) in [6.07, 6.45) is 1.85. The molecule has 6 rings (SSSR count). The highest BCUT2D eigenvalue weighted by molar-refractivity contribution is 5.84. The van der Waals surface area contributed by atoms with Crippen LogP contribution < -0.4 is 10.6 Å². The Bertz CT molecular complexity index is 1110. The number of fused-ring (bicyclic) bond motifs is 4. The zero-order valence-corrected chi connectivity index (χ0v) is 18.2. The van der Waals surface area contributed by atoms with Gasteiger partial charge >= 0.3 is 6.09 Å². The van der Waals surface area contributed by atoms with Crippen molar-refractivity contribution in [3.8, 4) is 17.2 Å². The van der Waals surface area contributed by atoms with E-state index in [-0.39, 0.29) is 42.6 Å². The van der Waals surface area contributed by atoms with Gasteiger partial charge in [-0.15, -0.1) is 0 Å². The zero-order chi connectivity index (χ0) is 22.5. The molecule has 2 aromatic carbocycles. The highest BCUT2D eigenvalue weighted by Crippen LogP contribution is 2.48. The molecule has 0 unspecified atom stereocenters. The summed E-state index contributed by atoms with van der Waals surface area (Å²) in [6.45, 7) is 0.781. The second-order valence-electron chi connectivity index (χ2n) is 9.55. The number of alkyl carbamates (subject to hydrolysis) is 1. The molecular weight excluding hydrogens is 416 g/mol. The van der Waals surface area contributed by atoms with Crippen LogP contribution >= 0.6 is 0 Å². The summed E-state index contributed by atoms with van der Waals surface area (Å²) in [6, 6.07) is 18.1. The summed E-state index contributed by atoms with van der Waals surface area (Å²) < 4.78 is 5.64. The van der Waals surface area contributed by atoms with E-state index in [9.17, 15) is 14.9 Å². The number of nitrogens with one attached hydrogen (secondary N) is 2. The first-order chi connectivity index (χ1) is 16.1. The Hall–Kier alpha value is -3.37. The van der Waals surface area contributed by atoms with Crippen molar-refractivity contribution in [3.05, 3.63) is 59.7 Å².